The molecule has 0 radical (unpaired) electrons. The van der Waals surface area contributed by atoms with Crippen molar-refractivity contribution in [3.8, 4) is 0 Å². The van der Waals surface area contributed by atoms with Crippen molar-refractivity contribution in [3.63, 3.8) is 0 Å². The third-order valence-electron chi connectivity index (χ3n) is 5.46. The van der Waals surface area contributed by atoms with Crippen molar-refractivity contribution < 1.29 is 4.39 Å². The van der Waals surface area contributed by atoms with Gasteiger partial charge < -0.3 is 10.2 Å². The van der Waals surface area contributed by atoms with Crippen LogP contribution in [0.5, 0.6) is 0 Å². The molecule has 0 aromatic heterocycles. The fourth-order valence-corrected chi connectivity index (χ4v) is 3.82. The summed E-state index contributed by atoms with van der Waals surface area (Å²) in [6.07, 6.45) is 5.97. The first-order valence-electron chi connectivity index (χ1n) is 9.37. The second-order valence-electron chi connectivity index (χ2n) is 7.33. The number of hydrogen-bond acceptors (Lipinski definition) is 3. The summed E-state index contributed by atoms with van der Waals surface area (Å²) in [5.41, 5.74) is 1.33. The van der Waals surface area contributed by atoms with E-state index in [0.717, 1.165) is 45.7 Å². The van der Waals surface area contributed by atoms with Gasteiger partial charge in [0.2, 0.25) is 0 Å². The van der Waals surface area contributed by atoms with Crippen LogP contribution in [0.4, 0.5) is 4.39 Å². The van der Waals surface area contributed by atoms with Crippen LogP contribution in [0.3, 0.4) is 0 Å². The van der Waals surface area contributed by atoms with E-state index < -0.39 is 6.17 Å². The van der Waals surface area contributed by atoms with Crippen LogP contribution in [-0.4, -0.2) is 74.2 Å². The highest BCUT2D eigenvalue weighted by molar-refractivity contribution is 6.35. The lowest BCUT2D eigenvalue weighted by Crippen LogP contribution is -2.61. The fourth-order valence-electron chi connectivity index (χ4n) is 3.67. The molecule has 2 saturated heterocycles. The van der Waals surface area contributed by atoms with Crippen LogP contribution in [-0.2, 0) is 0 Å². The quantitative estimate of drug-likeness (QED) is 0.478. The van der Waals surface area contributed by atoms with E-state index in [-0.39, 0.29) is 0 Å². The summed E-state index contributed by atoms with van der Waals surface area (Å²) in [4.78, 5) is 4.99. The maximum Gasteiger partial charge on any atom is 0.103 e. The van der Waals surface area contributed by atoms with Gasteiger partial charge in [0.15, 0.2) is 0 Å². The summed E-state index contributed by atoms with van der Waals surface area (Å²) in [6, 6.07) is 0.636. The molecule has 144 valence electrons. The van der Waals surface area contributed by atoms with Crippen LogP contribution in [0.15, 0.2) is 22.8 Å². The number of allylic oxidation sites excluding steroid dienone is 3. The lowest BCUT2D eigenvalue weighted by atomic mass is 9.94. The Bertz CT molecular complexity index is 456. The van der Waals surface area contributed by atoms with Gasteiger partial charge in [-0.15, -0.1) is 11.6 Å². The van der Waals surface area contributed by atoms with Gasteiger partial charge in [-0.25, -0.2) is 4.39 Å². The summed E-state index contributed by atoms with van der Waals surface area (Å²) < 4.78 is 13.2. The molecule has 2 rings (SSSR count). The van der Waals surface area contributed by atoms with Gasteiger partial charge in [0.25, 0.3) is 0 Å². The number of halogens is 3. The zero-order chi connectivity index (χ0) is 18.2. The van der Waals surface area contributed by atoms with Crippen LogP contribution < -0.4 is 5.32 Å². The molecule has 6 heteroatoms. The predicted octanol–water partition coefficient (Wildman–Crippen LogP) is 3.64. The van der Waals surface area contributed by atoms with Gasteiger partial charge in [-0.1, -0.05) is 23.3 Å². The minimum absolute atomic E-state index is 0.358. The summed E-state index contributed by atoms with van der Waals surface area (Å²) in [6.45, 7) is 8.36. The molecule has 2 fully saturated rings. The molecule has 0 saturated carbocycles. The van der Waals surface area contributed by atoms with E-state index in [4.69, 9.17) is 23.2 Å². The fraction of sp³-hybridized carbons (Fsp3) is 0.789. The molecule has 0 unspecified atom stereocenters. The Morgan fingerprint density at radius 1 is 1.28 bits per heavy atom. The first-order valence-corrected chi connectivity index (χ1v) is 10.3. The number of alkyl halides is 2. The Balaban J connectivity index is 1.73. The average molecular weight is 392 g/mol. The first kappa shape index (κ1) is 21.2. The van der Waals surface area contributed by atoms with Gasteiger partial charge in [-0.3, -0.25) is 4.90 Å². The molecular weight excluding hydrogens is 360 g/mol. The Kier molecular flexibility index (Phi) is 9.22. The highest BCUT2D eigenvalue weighted by Crippen LogP contribution is 2.23. The second kappa shape index (κ2) is 10.9. The molecule has 3 nitrogen and oxygen atoms in total. The summed E-state index contributed by atoms with van der Waals surface area (Å²) >= 11 is 11.7. The highest BCUT2D eigenvalue weighted by atomic mass is 35.5. The van der Waals surface area contributed by atoms with Crippen LogP contribution in [0, 0.1) is 5.92 Å². The van der Waals surface area contributed by atoms with Crippen molar-refractivity contribution in [2.45, 2.75) is 38.4 Å². The van der Waals surface area contributed by atoms with Gasteiger partial charge in [0.1, 0.15) is 6.17 Å². The van der Waals surface area contributed by atoms with Crippen LogP contribution >= 0.6 is 23.2 Å². The molecule has 0 aliphatic carbocycles. The molecule has 25 heavy (non-hydrogen) atoms. The van der Waals surface area contributed by atoms with Crippen LogP contribution in [0.2, 0.25) is 0 Å². The molecule has 0 spiro atoms. The van der Waals surface area contributed by atoms with Crippen molar-refractivity contribution in [1.82, 2.24) is 15.1 Å². The van der Waals surface area contributed by atoms with Crippen LogP contribution in [0.25, 0.3) is 0 Å². The van der Waals surface area contributed by atoms with Crippen molar-refractivity contribution in [2.75, 3.05) is 52.2 Å². The van der Waals surface area contributed by atoms with E-state index in [0.29, 0.717) is 35.7 Å². The Morgan fingerprint density at radius 2 is 1.96 bits per heavy atom. The van der Waals surface area contributed by atoms with Crippen molar-refractivity contribution in [1.29, 1.82) is 0 Å². The van der Waals surface area contributed by atoms with Crippen molar-refractivity contribution >= 4 is 23.2 Å². The summed E-state index contributed by atoms with van der Waals surface area (Å²) in [7, 11) is 2.00. The van der Waals surface area contributed by atoms with Gasteiger partial charge >= 0.3 is 0 Å². The standard InChI is InChI=1S/C19H32Cl2FN3/c1-15(3-4-17(21)11-20)16(12-23-2)5-8-24-13-19(14-24)25-9-6-18(22)7-10-25/h3-4,16,18-19,23H,5-14H2,1-2H3/b15-3+,17-4+/t16-/m1/s1. The smallest absolute Gasteiger partial charge is 0.103 e. The topological polar surface area (TPSA) is 18.5 Å². The minimum atomic E-state index is -0.578. The zero-order valence-electron chi connectivity index (χ0n) is 15.5. The van der Waals surface area contributed by atoms with Gasteiger partial charge in [0.05, 0.1) is 5.88 Å². The first-order chi connectivity index (χ1) is 12.0. The Morgan fingerprint density at radius 3 is 2.56 bits per heavy atom. The van der Waals surface area contributed by atoms with E-state index in [1.165, 1.54) is 5.57 Å². The number of nitrogens with one attached hydrogen (secondary N) is 1. The van der Waals surface area contributed by atoms with E-state index >= 15 is 0 Å². The molecule has 0 amide bonds. The largest absolute Gasteiger partial charge is 0.319 e. The Hall–Kier alpha value is -0.130. The van der Waals surface area contributed by atoms with Gasteiger partial charge in [-0.2, -0.15) is 0 Å². The monoisotopic (exact) mass is 391 g/mol. The van der Waals surface area contributed by atoms with Crippen molar-refractivity contribution in [3.05, 3.63) is 22.8 Å². The molecule has 2 aliphatic heterocycles. The average Bonchev–Trinajstić information content (AvgIpc) is 2.58. The number of likely N-dealkylation sites (tertiary alicyclic amines) is 2. The molecule has 0 aromatic rings. The molecule has 2 heterocycles. The third-order valence-corrected chi connectivity index (χ3v) is 6.14. The summed E-state index contributed by atoms with van der Waals surface area (Å²) in [5.74, 6) is 0.860. The molecular formula is C19H32Cl2FN3. The van der Waals surface area contributed by atoms with Gasteiger partial charge in [0, 0.05) is 43.8 Å². The summed E-state index contributed by atoms with van der Waals surface area (Å²) in [5, 5.41) is 3.96. The minimum Gasteiger partial charge on any atom is -0.319 e. The van der Waals surface area contributed by atoms with Gasteiger partial charge in [-0.05, 0) is 51.8 Å². The number of rotatable bonds is 9. The van der Waals surface area contributed by atoms with E-state index in [1.54, 1.807) is 0 Å². The second-order valence-corrected chi connectivity index (χ2v) is 8.08. The van der Waals surface area contributed by atoms with E-state index in [2.05, 4.69) is 28.1 Å². The predicted molar refractivity (Wildman–Crippen MR) is 106 cm³/mol. The lowest BCUT2D eigenvalue weighted by Gasteiger charge is -2.47. The normalized spacial score (nSPS) is 23.7. The lowest BCUT2D eigenvalue weighted by molar-refractivity contribution is 0.00845. The van der Waals surface area contributed by atoms with Crippen LogP contribution in [0.1, 0.15) is 26.2 Å². The molecule has 0 aromatic carbocycles. The highest BCUT2D eigenvalue weighted by Gasteiger charge is 2.33. The Labute approximate surface area is 162 Å². The number of piperidine rings is 1. The maximum atomic E-state index is 13.2. The molecule has 1 atom stereocenters. The third kappa shape index (κ3) is 6.84. The molecule has 0 bridgehead atoms. The van der Waals surface area contributed by atoms with Crippen molar-refractivity contribution in [2.24, 2.45) is 5.92 Å². The van der Waals surface area contributed by atoms with E-state index in [9.17, 15) is 4.39 Å². The molecule has 2 aliphatic rings. The molecule has 1 N–H and O–H groups in total. The maximum absolute atomic E-state index is 13.2. The van der Waals surface area contributed by atoms with E-state index in [1.807, 2.05) is 13.1 Å². The zero-order valence-corrected chi connectivity index (χ0v) is 17.0. The SMILES string of the molecule is CNC[C@@H](CCN1CC(N2CCC(F)CC2)C1)/C(C)=C/C=C(/Cl)CCl. The number of nitrogens with zero attached hydrogens (tertiary/aromatic N) is 2. The number of hydrogen-bond donors (Lipinski definition) is 1.